The van der Waals surface area contributed by atoms with Crippen molar-refractivity contribution in [3.05, 3.63) is 23.8 Å². The number of likely N-dealkylation sites (N-methyl/N-ethyl adjacent to an activating group) is 1. The minimum Gasteiger partial charge on any atom is -0.497 e. The van der Waals surface area contributed by atoms with Gasteiger partial charge in [0.15, 0.2) is 0 Å². The number of benzene rings is 1. The van der Waals surface area contributed by atoms with Gasteiger partial charge < -0.3 is 20.1 Å². The molecule has 1 heterocycles. The van der Waals surface area contributed by atoms with Crippen LogP contribution in [0.1, 0.15) is 5.56 Å². The topological polar surface area (TPSA) is 51.0 Å². The molecule has 20 heavy (non-hydrogen) atoms. The van der Waals surface area contributed by atoms with Crippen LogP contribution in [0.25, 0.3) is 0 Å². The molecule has 0 saturated carbocycles. The molecule has 5 heteroatoms. The fourth-order valence-corrected chi connectivity index (χ4v) is 2.70. The fourth-order valence-electron chi connectivity index (χ4n) is 2.70. The Morgan fingerprint density at radius 1 is 1.25 bits per heavy atom. The number of nitrogens with two attached hydrogens (primary N) is 1. The van der Waals surface area contributed by atoms with Crippen molar-refractivity contribution in [2.45, 2.75) is 12.6 Å². The van der Waals surface area contributed by atoms with Crippen molar-refractivity contribution < 1.29 is 9.47 Å². The molecular weight excluding hydrogens is 254 g/mol. The number of rotatable bonds is 5. The number of ether oxygens (including phenoxy) is 2. The number of hydrogen-bond donors (Lipinski definition) is 1. The smallest absolute Gasteiger partial charge is 0.123 e. The van der Waals surface area contributed by atoms with Crippen molar-refractivity contribution in [2.24, 2.45) is 5.73 Å². The Morgan fingerprint density at radius 3 is 2.70 bits per heavy atom. The lowest BCUT2D eigenvalue weighted by Crippen LogP contribution is -2.54. The van der Waals surface area contributed by atoms with Crippen LogP contribution in [0.4, 0.5) is 0 Å². The third-order valence-corrected chi connectivity index (χ3v) is 3.94. The number of nitrogens with zero attached hydrogens (tertiary/aromatic N) is 2. The van der Waals surface area contributed by atoms with Gasteiger partial charge in [0.2, 0.25) is 0 Å². The molecule has 1 fully saturated rings. The predicted octanol–water partition coefficient (Wildman–Crippen LogP) is 0.779. The van der Waals surface area contributed by atoms with Gasteiger partial charge in [-0.05, 0) is 25.2 Å². The summed E-state index contributed by atoms with van der Waals surface area (Å²) in [5, 5.41) is 0. The minimum absolute atomic E-state index is 0.393. The summed E-state index contributed by atoms with van der Waals surface area (Å²) in [6.45, 7) is 4.64. The highest BCUT2D eigenvalue weighted by Crippen LogP contribution is 2.26. The van der Waals surface area contributed by atoms with Gasteiger partial charge in [-0.1, -0.05) is 0 Å². The number of hydrogen-bond acceptors (Lipinski definition) is 5. The molecule has 0 radical (unpaired) electrons. The second-order valence-corrected chi connectivity index (χ2v) is 5.30. The zero-order valence-corrected chi connectivity index (χ0v) is 12.6. The summed E-state index contributed by atoms with van der Waals surface area (Å²) >= 11 is 0. The van der Waals surface area contributed by atoms with Gasteiger partial charge in [0, 0.05) is 44.3 Å². The SMILES string of the molecule is COc1ccc(OC)c(CN2CCN(C)CC2CN)c1. The van der Waals surface area contributed by atoms with Gasteiger partial charge in [0.1, 0.15) is 11.5 Å². The molecule has 0 amide bonds. The molecule has 1 aromatic rings. The number of piperazine rings is 1. The van der Waals surface area contributed by atoms with Crippen molar-refractivity contribution in [2.75, 3.05) is 47.4 Å². The highest BCUT2D eigenvalue weighted by atomic mass is 16.5. The first kappa shape index (κ1) is 15.1. The molecular formula is C15H25N3O2. The summed E-state index contributed by atoms with van der Waals surface area (Å²) in [7, 11) is 5.53. The van der Waals surface area contributed by atoms with Gasteiger partial charge in [-0.25, -0.2) is 0 Å². The summed E-state index contributed by atoms with van der Waals surface area (Å²) in [6.07, 6.45) is 0. The van der Waals surface area contributed by atoms with Gasteiger partial charge in [0.05, 0.1) is 14.2 Å². The van der Waals surface area contributed by atoms with Crippen molar-refractivity contribution in [1.82, 2.24) is 9.80 Å². The van der Waals surface area contributed by atoms with Gasteiger partial charge >= 0.3 is 0 Å². The van der Waals surface area contributed by atoms with Gasteiger partial charge in [0.25, 0.3) is 0 Å². The maximum atomic E-state index is 5.91. The van der Waals surface area contributed by atoms with E-state index in [9.17, 15) is 0 Å². The van der Waals surface area contributed by atoms with E-state index in [0.717, 1.165) is 43.2 Å². The largest absolute Gasteiger partial charge is 0.497 e. The molecule has 0 aromatic heterocycles. The standard InChI is InChI=1S/C15H25N3O2/c1-17-6-7-18(13(9-16)11-17)10-12-8-14(19-2)4-5-15(12)20-3/h4-5,8,13H,6-7,9-11,16H2,1-3H3. The lowest BCUT2D eigenvalue weighted by molar-refractivity contribution is 0.0873. The van der Waals surface area contributed by atoms with Crippen LogP contribution in [0.5, 0.6) is 11.5 Å². The van der Waals surface area contributed by atoms with E-state index in [4.69, 9.17) is 15.2 Å². The van der Waals surface area contributed by atoms with Crippen LogP contribution in [0.15, 0.2) is 18.2 Å². The Bertz CT molecular complexity index is 439. The van der Waals surface area contributed by atoms with E-state index >= 15 is 0 Å². The van der Waals surface area contributed by atoms with Crippen molar-refractivity contribution >= 4 is 0 Å². The van der Waals surface area contributed by atoms with E-state index in [1.165, 1.54) is 0 Å². The average molecular weight is 279 g/mol. The summed E-state index contributed by atoms with van der Waals surface area (Å²) in [5.41, 5.74) is 7.06. The van der Waals surface area contributed by atoms with Gasteiger partial charge in [-0.2, -0.15) is 0 Å². The minimum atomic E-state index is 0.393. The molecule has 1 saturated heterocycles. The molecule has 2 N–H and O–H groups in total. The molecule has 1 aliphatic heterocycles. The molecule has 0 aliphatic carbocycles. The Hall–Kier alpha value is -1.30. The van der Waals surface area contributed by atoms with E-state index in [2.05, 4.69) is 16.8 Å². The Kier molecular flexibility index (Phi) is 5.23. The van der Waals surface area contributed by atoms with Crippen LogP contribution in [-0.4, -0.2) is 63.3 Å². The second-order valence-electron chi connectivity index (χ2n) is 5.30. The zero-order chi connectivity index (χ0) is 14.5. The molecule has 112 valence electrons. The van der Waals surface area contributed by atoms with Crippen LogP contribution < -0.4 is 15.2 Å². The van der Waals surface area contributed by atoms with Gasteiger partial charge in [-0.15, -0.1) is 0 Å². The molecule has 1 aromatic carbocycles. The van der Waals surface area contributed by atoms with Crippen LogP contribution >= 0.6 is 0 Å². The van der Waals surface area contributed by atoms with E-state index in [1.54, 1.807) is 14.2 Å². The highest BCUT2D eigenvalue weighted by molar-refractivity contribution is 5.40. The van der Waals surface area contributed by atoms with E-state index in [-0.39, 0.29) is 0 Å². The van der Waals surface area contributed by atoms with Crippen LogP contribution in [0, 0.1) is 0 Å². The maximum Gasteiger partial charge on any atom is 0.123 e. The Balaban J connectivity index is 2.15. The van der Waals surface area contributed by atoms with Gasteiger partial charge in [-0.3, -0.25) is 4.90 Å². The first-order valence-electron chi connectivity index (χ1n) is 7.01. The average Bonchev–Trinajstić information content (AvgIpc) is 2.48. The fraction of sp³-hybridized carbons (Fsp3) is 0.600. The van der Waals surface area contributed by atoms with Crippen LogP contribution in [0.3, 0.4) is 0 Å². The highest BCUT2D eigenvalue weighted by Gasteiger charge is 2.24. The molecule has 1 unspecified atom stereocenters. The Labute approximate surface area is 121 Å². The summed E-state index contributed by atoms with van der Waals surface area (Å²) in [4.78, 5) is 4.76. The van der Waals surface area contributed by atoms with Crippen LogP contribution in [0.2, 0.25) is 0 Å². The second kappa shape index (κ2) is 6.92. The molecule has 2 rings (SSSR count). The predicted molar refractivity (Wildman–Crippen MR) is 80.3 cm³/mol. The zero-order valence-electron chi connectivity index (χ0n) is 12.6. The molecule has 1 atom stereocenters. The van der Waals surface area contributed by atoms with Crippen LogP contribution in [-0.2, 0) is 6.54 Å². The molecule has 5 nitrogen and oxygen atoms in total. The van der Waals surface area contributed by atoms with E-state index in [0.29, 0.717) is 12.6 Å². The molecule has 0 bridgehead atoms. The molecule has 0 spiro atoms. The quantitative estimate of drug-likeness (QED) is 0.863. The lowest BCUT2D eigenvalue weighted by atomic mass is 10.1. The summed E-state index contributed by atoms with van der Waals surface area (Å²) in [6, 6.07) is 6.32. The first-order chi connectivity index (χ1) is 9.67. The first-order valence-corrected chi connectivity index (χ1v) is 7.01. The third kappa shape index (κ3) is 3.42. The normalized spacial score (nSPS) is 20.9. The lowest BCUT2D eigenvalue weighted by Gasteiger charge is -2.39. The van der Waals surface area contributed by atoms with E-state index in [1.807, 2.05) is 18.2 Å². The summed E-state index contributed by atoms with van der Waals surface area (Å²) < 4.78 is 10.8. The van der Waals surface area contributed by atoms with Crippen molar-refractivity contribution in [3.63, 3.8) is 0 Å². The van der Waals surface area contributed by atoms with Crippen molar-refractivity contribution in [1.29, 1.82) is 0 Å². The monoisotopic (exact) mass is 279 g/mol. The Morgan fingerprint density at radius 2 is 2.05 bits per heavy atom. The van der Waals surface area contributed by atoms with Crippen molar-refractivity contribution in [3.8, 4) is 11.5 Å². The third-order valence-electron chi connectivity index (χ3n) is 3.94. The summed E-state index contributed by atoms with van der Waals surface area (Å²) in [5.74, 6) is 1.76. The number of methoxy groups -OCH3 is 2. The molecule has 1 aliphatic rings. The van der Waals surface area contributed by atoms with E-state index < -0.39 is 0 Å². The maximum absolute atomic E-state index is 5.91.